The van der Waals surface area contributed by atoms with Crippen molar-refractivity contribution in [3.8, 4) is 0 Å². The standard InChI is InChI=1S/C31H41N7O2/c1-30(2)18-20(19-31(3,4)35-30)33-24-13-12-21-26(39)25(28(40)32-14-17-37-15-8-9-16-37)29-36(5)22-10-6-7-11-23(22)38(29)27(21)34-24/h6-7,10-13,20,35H,8-9,14-19H2,1-5H3,(H,32,40)(H,33,34). The van der Waals surface area contributed by atoms with Crippen LogP contribution in [0.5, 0.6) is 0 Å². The zero-order chi connectivity index (χ0) is 28.2. The lowest BCUT2D eigenvalue weighted by atomic mass is 9.79. The highest BCUT2D eigenvalue weighted by molar-refractivity contribution is 6.05. The molecule has 4 aromatic rings. The number of anilines is 1. The quantitative estimate of drug-likeness (QED) is 0.342. The molecule has 0 spiro atoms. The van der Waals surface area contributed by atoms with Crippen molar-refractivity contribution < 1.29 is 4.79 Å². The lowest BCUT2D eigenvalue weighted by molar-refractivity contribution is 0.0950. The third kappa shape index (κ3) is 4.86. The van der Waals surface area contributed by atoms with Crippen LogP contribution in [0, 0.1) is 0 Å². The predicted octanol–water partition coefficient (Wildman–Crippen LogP) is 3.89. The van der Waals surface area contributed by atoms with Crippen LogP contribution in [0.1, 0.15) is 63.7 Å². The number of nitrogens with zero attached hydrogens (tertiary/aromatic N) is 4. The summed E-state index contributed by atoms with van der Waals surface area (Å²) in [6.45, 7) is 12.4. The number of nitrogens with one attached hydrogen (secondary N) is 3. The maximum atomic E-state index is 13.9. The Bertz CT molecular complexity index is 1640. The Hall–Kier alpha value is -3.43. The summed E-state index contributed by atoms with van der Waals surface area (Å²) in [6, 6.07) is 11.9. The number of piperidine rings is 1. The van der Waals surface area contributed by atoms with Crippen molar-refractivity contribution in [3.05, 3.63) is 52.2 Å². The highest BCUT2D eigenvalue weighted by Gasteiger charge is 2.37. The van der Waals surface area contributed by atoms with Crippen molar-refractivity contribution in [2.24, 2.45) is 7.05 Å². The first-order valence-corrected chi connectivity index (χ1v) is 14.5. The molecule has 6 rings (SSSR count). The first kappa shape index (κ1) is 26.8. The summed E-state index contributed by atoms with van der Waals surface area (Å²) in [5, 5.41) is 10.9. The van der Waals surface area contributed by atoms with Crippen LogP contribution < -0.4 is 21.4 Å². The molecule has 0 radical (unpaired) electrons. The largest absolute Gasteiger partial charge is 0.367 e. The number of fused-ring (bicyclic) bond motifs is 5. The van der Waals surface area contributed by atoms with Gasteiger partial charge in [0.05, 0.1) is 16.4 Å². The fourth-order valence-electron chi connectivity index (χ4n) is 7.18. The van der Waals surface area contributed by atoms with Crippen molar-refractivity contribution in [2.45, 2.75) is 70.5 Å². The average molecular weight is 544 g/mol. The summed E-state index contributed by atoms with van der Waals surface area (Å²) in [7, 11) is 1.91. The number of rotatable bonds is 6. The molecule has 9 nitrogen and oxygen atoms in total. The topological polar surface area (TPSA) is 95.7 Å². The summed E-state index contributed by atoms with van der Waals surface area (Å²) in [5.41, 5.74) is 2.82. The van der Waals surface area contributed by atoms with Gasteiger partial charge < -0.3 is 25.4 Å². The van der Waals surface area contributed by atoms with Crippen LogP contribution in [0.2, 0.25) is 0 Å². The van der Waals surface area contributed by atoms with Crippen molar-refractivity contribution in [1.82, 2.24) is 29.5 Å². The van der Waals surface area contributed by atoms with E-state index in [0.29, 0.717) is 23.2 Å². The molecule has 2 aliphatic rings. The minimum Gasteiger partial charge on any atom is -0.367 e. The summed E-state index contributed by atoms with van der Waals surface area (Å²) in [6.07, 6.45) is 4.31. The molecule has 2 saturated heterocycles. The Morgan fingerprint density at radius 3 is 2.40 bits per heavy atom. The molecule has 0 aliphatic carbocycles. The predicted molar refractivity (Wildman–Crippen MR) is 161 cm³/mol. The monoisotopic (exact) mass is 543 g/mol. The van der Waals surface area contributed by atoms with Gasteiger partial charge in [-0.15, -0.1) is 0 Å². The summed E-state index contributed by atoms with van der Waals surface area (Å²) < 4.78 is 3.91. The second kappa shape index (κ2) is 9.89. The maximum absolute atomic E-state index is 13.9. The van der Waals surface area contributed by atoms with Crippen LogP contribution >= 0.6 is 0 Å². The van der Waals surface area contributed by atoms with E-state index in [1.807, 2.05) is 52.4 Å². The SMILES string of the molecule is Cn1c2ccccc2n2c3nc(NC4CC(C)(C)NC(C)(C)C4)ccc3c(=O)c(C(=O)NCCN3CCCC3)c12. The summed E-state index contributed by atoms with van der Waals surface area (Å²) >= 11 is 0. The Morgan fingerprint density at radius 2 is 1.70 bits per heavy atom. The number of amides is 1. The lowest BCUT2D eigenvalue weighted by Crippen LogP contribution is -2.60. The molecule has 9 heteroatoms. The number of aromatic nitrogens is 3. The zero-order valence-corrected chi connectivity index (χ0v) is 24.3. The molecule has 2 fully saturated rings. The van der Waals surface area contributed by atoms with Crippen molar-refractivity contribution in [1.29, 1.82) is 0 Å². The van der Waals surface area contributed by atoms with Gasteiger partial charge in [0, 0.05) is 37.3 Å². The third-order valence-electron chi connectivity index (χ3n) is 8.48. The van der Waals surface area contributed by atoms with Crippen LogP contribution in [0.3, 0.4) is 0 Å². The average Bonchev–Trinajstić information content (AvgIpc) is 3.49. The van der Waals surface area contributed by atoms with Gasteiger partial charge in [0.15, 0.2) is 5.65 Å². The summed E-state index contributed by atoms with van der Waals surface area (Å²) in [5.74, 6) is 0.394. The highest BCUT2D eigenvalue weighted by Crippen LogP contribution is 2.31. The molecule has 212 valence electrons. The van der Waals surface area contributed by atoms with Crippen LogP contribution in [-0.4, -0.2) is 68.1 Å². The Morgan fingerprint density at radius 1 is 1.02 bits per heavy atom. The molecular formula is C31H41N7O2. The van der Waals surface area contributed by atoms with Gasteiger partial charge in [-0.25, -0.2) is 4.98 Å². The Labute approximate surface area is 234 Å². The second-order valence-electron chi connectivity index (χ2n) is 12.9. The van der Waals surface area contributed by atoms with Crippen LogP contribution in [-0.2, 0) is 7.05 Å². The van der Waals surface area contributed by atoms with Gasteiger partial charge in [-0.2, -0.15) is 0 Å². The normalized spacial score (nSPS) is 19.5. The van der Waals surface area contributed by atoms with E-state index in [9.17, 15) is 9.59 Å². The smallest absolute Gasteiger partial charge is 0.259 e. The van der Waals surface area contributed by atoms with Crippen LogP contribution in [0.4, 0.5) is 5.82 Å². The number of hydrogen-bond acceptors (Lipinski definition) is 6. The van der Waals surface area contributed by atoms with Gasteiger partial charge in [-0.05, 0) is 90.7 Å². The van der Waals surface area contributed by atoms with Crippen LogP contribution in [0.15, 0.2) is 41.2 Å². The fourth-order valence-corrected chi connectivity index (χ4v) is 7.18. The van der Waals surface area contributed by atoms with E-state index in [-0.39, 0.29) is 34.0 Å². The Balaban J connectivity index is 1.44. The van der Waals surface area contributed by atoms with Gasteiger partial charge in [0.25, 0.3) is 5.91 Å². The molecule has 5 heterocycles. The van der Waals surface area contributed by atoms with Gasteiger partial charge in [0.2, 0.25) is 5.43 Å². The number of aryl methyl sites for hydroxylation is 1. The zero-order valence-electron chi connectivity index (χ0n) is 24.3. The number of likely N-dealkylation sites (tertiary alicyclic amines) is 1. The molecule has 0 atom stereocenters. The number of carbonyl (C=O) groups excluding carboxylic acids is 1. The molecule has 3 aromatic heterocycles. The van der Waals surface area contributed by atoms with Gasteiger partial charge in [0.1, 0.15) is 17.0 Å². The summed E-state index contributed by atoms with van der Waals surface area (Å²) in [4.78, 5) is 34.9. The van der Waals surface area contributed by atoms with E-state index in [2.05, 4.69) is 48.5 Å². The van der Waals surface area contributed by atoms with Gasteiger partial charge >= 0.3 is 0 Å². The van der Waals surface area contributed by atoms with Crippen molar-refractivity contribution in [2.75, 3.05) is 31.5 Å². The van der Waals surface area contributed by atoms with E-state index < -0.39 is 0 Å². The molecule has 0 bridgehead atoms. The molecule has 3 N–H and O–H groups in total. The molecule has 1 amide bonds. The minimum absolute atomic E-state index is 0.00680. The number of hydrogen-bond donors (Lipinski definition) is 3. The van der Waals surface area contributed by atoms with Gasteiger partial charge in [-0.1, -0.05) is 12.1 Å². The van der Waals surface area contributed by atoms with E-state index in [0.717, 1.165) is 49.3 Å². The first-order chi connectivity index (χ1) is 19.0. The van der Waals surface area contributed by atoms with E-state index in [1.165, 1.54) is 12.8 Å². The van der Waals surface area contributed by atoms with Crippen LogP contribution in [0.25, 0.3) is 27.7 Å². The lowest BCUT2D eigenvalue weighted by Gasteiger charge is -2.46. The van der Waals surface area contributed by atoms with E-state index in [4.69, 9.17) is 4.98 Å². The molecule has 1 aromatic carbocycles. The number of carbonyl (C=O) groups is 1. The third-order valence-corrected chi connectivity index (χ3v) is 8.48. The second-order valence-corrected chi connectivity index (χ2v) is 12.9. The number of pyridine rings is 2. The minimum atomic E-state index is -0.337. The van der Waals surface area contributed by atoms with Gasteiger partial charge in [-0.3, -0.25) is 14.0 Å². The fraction of sp³-hybridized carbons (Fsp3) is 0.516. The molecule has 2 aliphatic heterocycles. The number of benzene rings is 1. The van der Waals surface area contributed by atoms with Crippen molar-refractivity contribution >= 4 is 39.4 Å². The number of imidazole rings is 1. The maximum Gasteiger partial charge on any atom is 0.259 e. The number of para-hydroxylation sites is 2. The van der Waals surface area contributed by atoms with E-state index in [1.54, 1.807) is 0 Å². The molecular weight excluding hydrogens is 502 g/mol. The molecule has 40 heavy (non-hydrogen) atoms. The Kier molecular flexibility index (Phi) is 6.62. The molecule has 0 saturated carbocycles. The highest BCUT2D eigenvalue weighted by atomic mass is 16.2. The molecule has 0 unspecified atom stereocenters. The van der Waals surface area contributed by atoms with E-state index >= 15 is 0 Å². The van der Waals surface area contributed by atoms with Crippen molar-refractivity contribution in [3.63, 3.8) is 0 Å². The first-order valence-electron chi connectivity index (χ1n) is 14.5.